The lowest BCUT2D eigenvalue weighted by molar-refractivity contribution is -0.389. The number of rotatable bonds is 6. The zero-order valence-corrected chi connectivity index (χ0v) is 12.9. The second-order valence-electron chi connectivity index (χ2n) is 5.40. The van der Waals surface area contributed by atoms with Gasteiger partial charge in [0.2, 0.25) is 0 Å². The van der Waals surface area contributed by atoms with Crippen LogP contribution in [-0.4, -0.2) is 86.1 Å². The predicted molar refractivity (Wildman–Crippen MR) is 65.8 cm³/mol. The van der Waals surface area contributed by atoms with Gasteiger partial charge in [0.25, 0.3) is 5.91 Å². The van der Waals surface area contributed by atoms with E-state index in [1.54, 1.807) is 4.90 Å². The minimum absolute atomic E-state index is 0.00414. The second kappa shape index (κ2) is 7.17. The summed E-state index contributed by atoms with van der Waals surface area (Å²) in [4.78, 5) is 13.0. The monoisotopic (exact) mass is 390 g/mol. The van der Waals surface area contributed by atoms with Gasteiger partial charge in [0, 0.05) is 33.2 Å². The van der Waals surface area contributed by atoms with Crippen molar-refractivity contribution in [3.05, 3.63) is 0 Å². The summed E-state index contributed by atoms with van der Waals surface area (Å²) in [5.41, 5.74) is 0. The molecular weight excluding hydrogens is 375 g/mol. The molecule has 148 valence electrons. The van der Waals surface area contributed by atoms with E-state index in [4.69, 9.17) is 4.74 Å². The number of nitrogens with zero attached hydrogens (tertiary/aromatic N) is 2. The maximum atomic E-state index is 13.5. The molecule has 0 aromatic heterocycles. The maximum absolute atomic E-state index is 13.5. The van der Waals surface area contributed by atoms with Crippen molar-refractivity contribution < 1.29 is 49.0 Å². The van der Waals surface area contributed by atoms with Gasteiger partial charge in [-0.1, -0.05) is 0 Å². The number of ether oxygens (including phenoxy) is 1. The van der Waals surface area contributed by atoms with Gasteiger partial charge in [-0.15, -0.1) is 0 Å². The van der Waals surface area contributed by atoms with Crippen molar-refractivity contribution in [1.82, 2.24) is 9.80 Å². The highest BCUT2D eigenvalue weighted by Crippen LogP contribution is 2.53. The van der Waals surface area contributed by atoms with E-state index in [1.165, 1.54) is 0 Å². The molecule has 0 aliphatic carbocycles. The topological polar surface area (TPSA) is 32.8 Å². The highest BCUT2D eigenvalue weighted by molar-refractivity contribution is 5.84. The average molecular weight is 390 g/mol. The fourth-order valence-corrected chi connectivity index (χ4v) is 1.97. The molecule has 0 bridgehead atoms. The van der Waals surface area contributed by atoms with Crippen molar-refractivity contribution in [3.63, 3.8) is 0 Å². The van der Waals surface area contributed by atoms with Crippen molar-refractivity contribution in [2.45, 2.75) is 23.9 Å². The van der Waals surface area contributed by atoms with E-state index in [0.717, 1.165) is 0 Å². The van der Waals surface area contributed by atoms with Crippen molar-refractivity contribution in [3.8, 4) is 0 Å². The molecule has 0 atom stereocenters. The van der Waals surface area contributed by atoms with Crippen LogP contribution in [0, 0.1) is 0 Å². The van der Waals surface area contributed by atoms with Crippen LogP contribution in [-0.2, 0) is 9.53 Å². The molecule has 0 aromatic carbocycles. The number of alkyl halides is 9. The van der Waals surface area contributed by atoms with Crippen LogP contribution in [0.2, 0.25) is 0 Å². The SMILES string of the molecule is CN(CCN1CCOCC1)C(=O)C(F)(F)C(F)(F)C(F)(F)C(F)(F)F. The highest BCUT2D eigenvalue weighted by atomic mass is 19.4. The first kappa shape index (κ1) is 21.8. The number of carbonyl (C=O) groups excluding carboxylic acids is 1. The molecule has 1 rings (SSSR count). The van der Waals surface area contributed by atoms with Gasteiger partial charge in [-0.3, -0.25) is 9.69 Å². The van der Waals surface area contributed by atoms with E-state index in [9.17, 15) is 44.3 Å². The molecule has 13 heteroatoms. The molecule has 0 aromatic rings. The van der Waals surface area contributed by atoms with E-state index in [-0.39, 0.29) is 11.4 Å². The molecular formula is C12H15F9N2O2. The molecule has 1 aliphatic heterocycles. The molecule has 0 spiro atoms. The van der Waals surface area contributed by atoms with Gasteiger partial charge < -0.3 is 9.64 Å². The van der Waals surface area contributed by atoms with Crippen LogP contribution in [0.5, 0.6) is 0 Å². The van der Waals surface area contributed by atoms with Gasteiger partial charge >= 0.3 is 23.9 Å². The Labute approximate surface area is 136 Å². The minimum atomic E-state index is -7.08. The van der Waals surface area contributed by atoms with Crippen LogP contribution < -0.4 is 0 Å². The molecule has 1 heterocycles. The number of halogens is 9. The molecule has 4 nitrogen and oxygen atoms in total. The zero-order chi connectivity index (χ0) is 19.7. The van der Waals surface area contributed by atoms with Crippen LogP contribution in [0.15, 0.2) is 0 Å². The number of morpholine rings is 1. The van der Waals surface area contributed by atoms with Gasteiger partial charge in [-0.05, 0) is 0 Å². The van der Waals surface area contributed by atoms with E-state index in [1.807, 2.05) is 0 Å². The molecule has 1 amide bonds. The summed E-state index contributed by atoms with van der Waals surface area (Å²) in [6.45, 7) is 0.708. The zero-order valence-electron chi connectivity index (χ0n) is 12.9. The standard InChI is InChI=1S/C12H15F9N2O2/c1-22(2-3-23-4-6-25-7-5-23)8(24)9(13,14)10(15,16)11(17,18)12(19,20)21/h2-7H2,1H3. The molecule has 1 saturated heterocycles. The first-order chi connectivity index (χ1) is 11.2. The van der Waals surface area contributed by atoms with Crippen molar-refractivity contribution in [2.75, 3.05) is 46.4 Å². The van der Waals surface area contributed by atoms with Crippen molar-refractivity contribution in [2.24, 2.45) is 0 Å². The summed E-state index contributed by atoms with van der Waals surface area (Å²) in [6.07, 6.45) is -6.95. The summed E-state index contributed by atoms with van der Waals surface area (Å²) in [6, 6.07) is 0. The Morgan fingerprint density at radius 1 is 0.960 bits per heavy atom. The fourth-order valence-electron chi connectivity index (χ4n) is 1.97. The smallest absolute Gasteiger partial charge is 0.379 e. The van der Waals surface area contributed by atoms with Crippen LogP contribution in [0.25, 0.3) is 0 Å². The number of hydrogen-bond acceptors (Lipinski definition) is 3. The number of carbonyl (C=O) groups is 1. The summed E-state index contributed by atoms with van der Waals surface area (Å²) in [5.74, 6) is -23.1. The van der Waals surface area contributed by atoms with E-state index < -0.39 is 36.4 Å². The summed E-state index contributed by atoms with van der Waals surface area (Å²) in [5, 5.41) is 0. The van der Waals surface area contributed by atoms with Gasteiger partial charge in [0.15, 0.2) is 0 Å². The summed E-state index contributed by atoms with van der Waals surface area (Å²) in [7, 11) is 0.610. The lowest BCUT2D eigenvalue weighted by atomic mass is 10.0. The molecule has 0 N–H and O–H groups in total. The lowest BCUT2D eigenvalue weighted by Crippen LogP contribution is -2.65. The van der Waals surface area contributed by atoms with Gasteiger partial charge in [0.05, 0.1) is 13.2 Å². The third-order valence-corrected chi connectivity index (χ3v) is 3.62. The molecule has 1 fully saturated rings. The van der Waals surface area contributed by atoms with Gasteiger partial charge in [-0.2, -0.15) is 39.5 Å². The van der Waals surface area contributed by atoms with Crippen molar-refractivity contribution in [1.29, 1.82) is 0 Å². The number of amides is 1. The van der Waals surface area contributed by atoms with E-state index in [0.29, 0.717) is 33.4 Å². The van der Waals surface area contributed by atoms with Crippen molar-refractivity contribution >= 4 is 5.91 Å². The van der Waals surface area contributed by atoms with Crippen LogP contribution in [0.1, 0.15) is 0 Å². The fraction of sp³-hybridized carbons (Fsp3) is 0.917. The Hall–Kier alpha value is -1.24. The van der Waals surface area contributed by atoms with Gasteiger partial charge in [0.1, 0.15) is 0 Å². The summed E-state index contributed by atoms with van der Waals surface area (Å²) >= 11 is 0. The van der Waals surface area contributed by atoms with Crippen LogP contribution in [0.3, 0.4) is 0 Å². The third-order valence-electron chi connectivity index (χ3n) is 3.62. The average Bonchev–Trinajstić information content (AvgIpc) is 2.51. The molecule has 0 saturated carbocycles. The molecule has 0 unspecified atom stereocenters. The first-order valence-corrected chi connectivity index (χ1v) is 6.92. The third kappa shape index (κ3) is 4.13. The molecule has 25 heavy (non-hydrogen) atoms. The second-order valence-corrected chi connectivity index (χ2v) is 5.40. The lowest BCUT2D eigenvalue weighted by Gasteiger charge is -2.35. The first-order valence-electron chi connectivity index (χ1n) is 6.92. The number of hydrogen-bond donors (Lipinski definition) is 0. The maximum Gasteiger partial charge on any atom is 0.460 e. The van der Waals surface area contributed by atoms with Crippen LogP contribution in [0.4, 0.5) is 39.5 Å². The predicted octanol–water partition coefficient (Wildman–Crippen LogP) is 2.25. The van der Waals surface area contributed by atoms with Gasteiger partial charge in [-0.25, -0.2) is 0 Å². The Bertz CT molecular complexity index is 476. The molecule has 1 aliphatic rings. The largest absolute Gasteiger partial charge is 0.460 e. The quantitative estimate of drug-likeness (QED) is 0.653. The number of likely N-dealkylation sites (N-methyl/N-ethyl adjacent to an activating group) is 1. The van der Waals surface area contributed by atoms with Crippen LogP contribution >= 0.6 is 0 Å². The van der Waals surface area contributed by atoms with E-state index >= 15 is 0 Å². The normalized spacial score (nSPS) is 18.3. The minimum Gasteiger partial charge on any atom is -0.379 e. The summed E-state index contributed by atoms with van der Waals surface area (Å²) < 4.78 is 120. The Morgan fingerprint density at radius 2 is 1.44 bits per heavy atom. The van der Waals surface area contributed by atoms with E-state index in [2.05, 4.69) is 0 Å². The Kier molecular flexibility index (Phi) is 6.26. The Balaban J connectivity index is 2.85. The highest BCUT2D eigenvalue weighted by Gasteiger charge is 2.84. The molecule has 0 radical (unpaired) electrons. The Morgan fingerprint density at radius 3 is 1.88 bits per heavy atom.